The van der Waals surface area contributed by atoms with Crippen molar-refractivity contribution in [2.75, 3.05) is 5.33 Å². The zero-order valence-electron chi connectivity index (χ0n) is 6.51. The first-order valence-corrected chi connectivity index (χ1v) is 4.54. The van der Waals surface area contributed by atoms with Gasteiger partial charge < -0.3 is 0 Å². The Hall–Kier alpha value is -1.24. The molecule has 7 heteroatoms. The molecule has 0 radical (unpaired) electrons. The highest BCUT2D eigenvalue weighted by Crippen LogP contribution is 2.04. The summed E-state index contributed by atoms with van der Waals surface area (Å²) in [5, 5.41) is 10.9. The molecule has 0 aromatic carbocycles. The summed E-state index contributed by atoms with van der Waals surface area (Å²) >= 11 is 3.12. The Balaban J connectivity index is 3.11. The molecule has 0 N–H and O–H groups in total. The molecule has 6 nitrogen and oxygen atoms in total. The van der Waals surface area contributed by atoms with Gasteiger partial charge in [0.2, 0.25) is 0 Å². The zero-order chi connectivity index (χ0) is 9.84. The Morgan fingerprint density at radius 1 is 1.69 bits per heavy atom. The van der Waals surface area contributed by atoms with Gasteiger partial charge in [-0.2, -0.15) is 4.98 Å². The molecule has 0 aliphatic heterocycles. The molecule has 0 amide bonds. The molecule has 0 aliphatic rings. The minimum absolute atomic E-state index is 0.180. The largest absolute Gasteiger partial charge is 0.347 e. The summed E-state index contributed by atoms with van der Waals surface area (Å²) in [7, 11) is 0. The maximum absolute atomic E-state index is 11.0. The fourth-order valence-electron chi connectivity index (χ4n) is 0.789. The Labute approximate surface area is 81.5 Å². The van der Waals surface area contributed by atoms with Crippen molar-refractivity contribution in [2.45, 2.75) is 6.54 Å². The van der Waals surface area contributed by atoms with Gasteiger partial charge in [0, 0.05) is 11.9 Å². The highest BCUT2D eigenvalue weighted by molar-refractivity contribution is 9.09. The van der Waals surface area contributed by atoms with Crippen LogP contribution in [0, 0.1) is 10.1 Å². The van der Waals surface area contributed by atoms with E-state index < -0.39 is 10.6 Å². The predicted molar refractivity (Wildman–Crippen MR) is 48.9 cm³/mol. The second-order valence-electron chi connectivity index (χ2n) is 2.23. The molecule has 70 valence electrons. The standard InChI is InChI=1S/C6H6BrN3O3/c7-1-2-9-4-5(10(12)13)3-8-6(9)11/h3-4H,1-2H2. The summed E-state index contributed by atoms with van der Waals surface area (Å²) in [5.74, 6) is 0. The quantitative estimate of drug-likeness (QED) is 0.444. The smallest absolute Gasteiger partial charge is 0.291 e. The van der Waals surface area contributed by atoms with Crippen molar-refractivity contribution in [1.29, 1.82) is 0 Å². The van der Waals surface area contributed by atoms with E-state index >= 15 is 0 Å². The SMILES string of the molecule is O=c1ncc([N+](=O)[O-])cn1CCBr. The van der Waals surface area contributed by atoms with Gasteiger partial charge >= 0.3 is 11.4 Å². The van der Waals surface area contributed by atoms with Crippen LogP contribution in [0.25, 0.3) is 0 Å². The van der Waals surface area contributed by atoms with Crippen LogP contribution in [0.5, 0.6) is 0 Å². The first-order chi connectivity index (χ1) is 6.15. The maximum atomic E-state index is 11.0. The van der Waals surface area contributed by atoms with Gasteiger partial charge in [-0.05, 0) is 0 Å². The lowest BCUT2D eigenvalue weighted by atomic mass is 10.5. The molecule has 1 heterocycles. The van der Waals surface area contributed by atoms with Crippen molar-refractivity contribution in [1.82, 2.24) is 9.55 Å². The zero-order valence-corrected chi connectivity index (χ0v) is 8.10. The molecule has 1 aromatic heterocycles. The maximum Gasteiger partial charge on any atom is 0.347 e. The lowest BCUT2D eigenvalue weighted by molar-refractivity contribution is -0.385. The van der Waals surface area contributed by atoms with Crippen LogP contribution in [0.4, 0.5) is 5.69 Å². The molecule has 0 bridgehead atoms. The van der Waals surface area contributed by atoms with Gasteiger partial charge in [0.25, 0.3) is 0 Å². The number of hydrogen-bond acceptors (Lipinski definition) is 4. The molecule has 1 aromatic rings. The monoisotopic (exact) mass is 247 g/mol. The third kappa shape index (κ3) is 2.35. The molecule has 0 fully saturated rings. The topological polar surface area (TPSA) is 78.0 Å². The highest BCUT2D eigenvalue weighted by atomic mass is 79.9. The molecule has 0 atom stereocenters. The Morgan fingerprint density at radius 2 is 2.38 bits per heavy atom. The first-order valence-electron chi connectivity index (χ1n) is 3.42. The lowest BCUT2D eigenvalue weighted by Crippen LogP contribution is -2.22. The van der Waals surface area contributed by atoms with Crippen LogP contribution in [0.1, 0.15) is 0 Å². The van der Waals surface area contributed by atoms with E-state index in [2.05, 4.69) is 20.9 Å². The van der Waals surface area contributed by atoms with Crippen LogP contribution in [0.3, 0.4) is 0 Å². The number of nitro groups is 1. The van der Waals surface area contributed by atoms with E-state index in [4.69, 9.17) is 0 Å². The fraction of sp³-hybridized carbons (Fsp3) is 0.333. The second-order valence-corrected chi connectivity index (χ2v) is 3.03. The summed E-state index contributed by atoms with van der Waals surface area (Å²) in [6.45, 7) is 0.369. The fourth-order valence-corrected chi connectivity index (χ4v) is 1.17. The molecule has 0 saturated carbocycles. The van der Waals surface area contributed by atoms with Crippen molar-refractivity contribution in [3.63, 3.8) is 0 Å². The van der Waals surface area contributed by atoms with Crippen LogP contribution in [0.2, 0.25) is 0 Å². The van der Waals surface area contributed by atoms with Gasteiger partial charge in [0.15, 0.2) is 0 Å². The van der Waals surface area contributed by atoms with E-state index in [9.17, 15) is 14.9 Å². The van der Waals surface area contributed by atoms with E-state index in [-0.39, 0.29) is 5.69 Å². The summed E-state index contributed by atoms with van der Waals surface area (Å²) in [5.41, 5.74) is -0.661. The minimum Gasteiger partial charge on any atom is -0.291 e. The summed E-state index contributed by atoms with van der Waals surface area (Å²) in [4.78, 5) is 24.1. The molecular formula is C6H6BrN3O3. The predicted octanol–water partition coefficient (Wildman–Crippen LogP) is 0.546. The third-order valence-corrected chi connectivity index (χ3v) is 1.73. The lowest BCUT2D eigenvalue weighted by Gasteiger charge is -1.99. The van der Waals surface area contributed by atoms with E-state index in [0.29, 0.717) is 11.9 Å². The average Bonchev–Trinajstić information content (AvgIpc) is 2.08. The number of aromatic nitrogens is 2. The average molecular weight is 248 g/mol. The Bertz CT molecular complexity index is 376. The van der Waals surface area contributed by atoms with Crippen LogP contribution in [-0.2, 0) is 6.54 Å². The molecule has 1 rings (SSSR count). The van der Waals surface area contributed by atoms with Crippen molar-refractivity contribution in [2.24, 2.45) is 0 Å². The number of alkyl halides is 1. The van der Waals surface area contributed by atoms with Gasteiger partial charge in [0.1, 0.15) is 6.20 Å². The number of hydrogen-bond donors (Lipinski definition) is 0. The van der Waals surface area contributed by atoms with E-state index in [0.717, 1.165) is 6.20 Å². The number of aryl methyl sites for hydroxylation is 1. The summed E-state index contributed by atoms with van der Waals surface area (Å²) in [6.07, 6.45) is 2.13. The van der Waals surface area contributed by atoms with Gasteiger partial charge in [-0.25, -0.2) is 4.79 Å². The molecule has 0 saturated heterocycles. The van der Waals surface area contributed by atoms with Crippen molar-refractivity contribution in [3.8, 4) is 0 Å². The highest BCUT2D eigenvalue weighted by Gasteiger charge is 2.07. The van der Waals surface area contributed by atoms with Crippen LogP contribution < -0.4 is 5.69 Å². The van der Waals surface area contributed by atoms with Crippen molar-refractivity contribution in [3.05, 3.63) is 33.0 Å². The third-order valence-electron chi connectivity index (χ3n) is 1.38. The first kappa shape index (κ1) is 9.85. The van der Waals surface area contributed by atoms with Crippen LogP contribution in [0.15, 0.2) is 17.2 Å². The summed E-state index contributed by atoms with van der Waals surface area (Å²) in [6, 6.07) is 0. The van der Waals surface area contributed by atoms with Crippen molar-refractivity contribution < 1.29 is 4.92 Å². The molecule has 0 spiro atoms. The van der Waals surface area contributed by atoms with E-state index in [1.54, 1.807) is 0 Å². The van der Waals surface area contributed by atoms with E-state index in [1.807, 2.05) is 0 Å². The van der Waals surface area contributed by atoms with Gasteiger partial charge in [-0.1, -0.05) is 15.9 Å². The normalized spacial score (nSPS) is 9.92. The van der Waals surface area contributed by atoms with Gasteiger partial charge in [-0.3, -0.25) is 14.7 Å². The number of nitrogens with zero attached hydrogens (tertiary/aromatic N) is 3. The molecular weight excluding hydrogens is 242 g/mol. The Morgan fingerprint density at radius 3 is 2.92 bits per heavy atom. The van der Waals surface area contributed by atoms with E-state index in [1.165, 1.54) is 10.8 Å². The molecule has 0 unspecified atom stereocenters. The molecule has 13 heavy (non-hydrogen) atoms. The second kappa shape index (κ2) is 4.13. The van der Waals surface area contributed by atoms with Crippen LogP contribution >= 0.6 is 15.9 Å². The molecule has 0 aliphatic carbocycles. The van der Waals surface area contributed by atoms with Crippen LogP contribution in [-0.4, -0.2) is 19.8 Å². The van der Waals surface area contributed by atoms with Gasteiger partial charge in [-0.15, -0.1) is 0 Å². The van der Waals surface area contributed by atoms with Crippen molar-refractivity contribution >= 4 is 21.6 Å². The minimum atomic E-state index is -0.586. The Kier molecular flexibility index (Phi) is 3.13. The van der Waals surface area contributed by atoms with Gasteiger partial charge in [0.05, 0.1) is 11.1 Å². The number of halogens is 1. The summed E-state index contributed by atoms with van der Waals surface area (Å²) < 4.78 is 1.19. The number of rotatable bonds is 3.